The lowest BCUT2D eigenvalue weighted by molar-refractivity contribution is -0.133. The SMILES string of the molecule is COC(=O)C(=C1CCCN1C)c1ccc(OC)c(OC)c1. The van der Waals surface area contributed by atoms with Crippen LogP contribution in [0, 0.1) is 0 Å². The summed E-state index contributed by atoms with van der Waals surface area (Å²) in [6, 6.07) is 5.46. The second kappa shape index (κ2) is 6.52. The van der Waals surface area contributed by atoms with Gasteiger partial charge < -0.3 is 19.1 Å². The number of methoxy groups -OCH3 is 3. The quantitative estimate of drug-likeness (QED) is 0.629. The van der Waals surface area contributed by atoms with Gasteiger partial charge in [0, 0.05) is 19.3 Å². The highest BCUT2D eigenvalue weighted by Crippen LogP contribution is 2.34. The van der Waals surface area contributed by atoms with Gasteiger partial charge in [-0.1, -0.05) is 6.07 Å². The van der Waals surface area contributed by atoms with E-state index in [1.165, 1.54) is 7.11 Å². The summed E-state index contributed by atoms with van der Waals surface area (Å²) in [5, 5.41) is 0. The van der Waals surface area contributed by atoms with Gasteiger partial charge in [0.25, 0.3) is 0 Å². The van der Waals surface area contributed by atoms with Gasteiger partial charge in [-0.2, -0.15) is 0 Å². The molecule has 21 heavy (non-hydrogen) atoms. The second-order valence-corrected chi connectivity index (χ2v) is 4.91. The summed E-state index contributed by atoms with van der Waals surface area (Å²) >= 11 is 0. The molecule has 2 rings (SSSR count). The zero-order valence-corrected chi connectivity index (χ0v) is 12.9. The van der Waals surface area contributed by atoms with E-state index in [2.05, 4.69) is 4.90 Å². The Hall–Kier alpha value is -2.17. The summed E-state index contributed by atoms with van der Waals surface area (Å²) in [5.41, 5.74) is 2.38. The van der Waals surface area contributed by atoms with Crippen LogP contribution in [-0.2, 0) is 9.53 Å². The Kier molecular flexibility index (Phi) is 4.73. The minimum Gasteiger partial charge on any atom is -0.493 e. The predicted molar refractivity (Wildman–Crippen MR) is 80.3 cm³/mol. The lowest BCUT2D eigenvalue weighted by atomic mass is 10.0. The van der Waals surface area contributed by atoms with Crippen molar-refractivity contribution in [1.29, 1.82) is 0 Å². The summed E-state index contributed by atoms with van der Waals surface area (Å²) in [6.07, 6.45) is 1.91. The van der Waals surface area contributed by atoms with Gasteiger partial charge in [-0.3, -0.25) is 0 Å². The fraction of sp³-hybridized carbons (Fsp3) is 0.438. The molecule has 0 saturated carbocycles. The zero-order valence-electron chi connectivity index (χ0n) is 12.9. The van der Waals surface area contributed by atoms with Crippen LogP contribution < -0.4 is 9.47 Å². The van der Waals surface area contributed by atoms with Crippen molar-refractivity contribution in [3.63, 3.8) is 0 Å². The minimum atomic E-state index is -0.328. The highest BCUT2D eigenvalue weighted by molar-refractivity contribution is 6.17. The number of carbonyl (C=O) groups is 1. The molecule has 0 aliphatic carbocycles. The van der Waals surface area contributed by atoms with Gasteiger partial charge >= 0.3 is 5.97 Å². The van der Waals surface area contributed by atoms with Crippen LogP contribution in [0.4, 0.5) is 0 Å². The number of esters is 1. The Morgan fingerprint density at radius 3 is 2.38 bits per heavy atom. The van der Waals surface area contributed by atoms with E-state index < -0.39 is 0 Å². The third-order valence-electron chi connectivity index (χ3n) is 3.72. The summed E-state index contributed by atoms with van der Waals surface area (Å²) in [6.45, 7) is 0.948. The smallest absolute Gasteiger partial charge is 0.340 e. The van der Waals surface area contributed by atoms with Crippen LogP contribution in [0.2, 0.25) is 0 Å². The predicted octanol–water partition coefficient (Wildman–Crippen LogP) is 2.31. The highest BCUT2D eigenvalue weighted by Gasteiger charge is 2.25. The summed E-state index contributed by atoms with van der Waals surface area (Å²) in [7, 11) is 6.56. The summed E-state index contributed by atoms with van der Waals surface area (Å²) < 4.78 is 15.5. The Labute approximate surface area is 125 Å². The van der Waals surface area contributed by atoms with Crippen molar-refractivity contribution in [2.45, 2.75) is 12.8 Å². The van der Waals surface area contributed by atoms with Gasteiger partial charge in [0.15, 0.2) is 11.5 Å². The molecule has 1 aliphatic rings. The lowest BCUT2D eigenvalue weighted by Crippen LogP contribution is -2.16. The van der Waals surface area contributed by atoms with Gasteiger partial charge in [0.2, 0.25) is 0 Å². The first-order chi connectivity index (χ1) is 10.1. The van der Waals surface area contributed by atoms with Crippen molar-refractivity contribution in [2.24, 2.45) is 0 Å². The van der Waals surface area contributed by atoms with Crippen molar-refractivity contribution in [3.05, 3.63) is 29.5 Å². The van der Waals surface area contributed by atoms with Gasteiger partial charge in [-0.05, 0) is 30.5 Å². The molecular formula is C16H21NO4. The maximum absolute atomic E-state index is 12.2. The minimum absolute atomic E-state index is 0.328. The average Bonchev–Trinajstić information content (AvgIpc) is 2.93. The number of hydrogen-bond acceptors (Lipinski definition) is 5. The fourth-order valence-corrected chi connectivity index (χ4v) is 2.62. The molecule has 1 saturated heterocycles. The molecule has 1 aliphatic heterocycles. The number of likely N-dealkylation sites (tertiary alicyclic amines) is 1. The van der Waals surface area contributed by atoms with Gasteiger partial charge in [0.1, 0.15) is 0 Å². The Morgan fingerprint density at radius 1 is 1.14 bits per heavy atom. The monoisotopic (exact) mass is 291 g/mol. The van der Waals surface area contributed by atoms with E-state index >= 15 is 0 Å². The van der Waals surface area contributed by atoms with E-state index in [-0.39, 0.29) is 5.97 Å². The highest BCUT2D eigenvalue weighted by atomic mass is 16.5. The largest absolute Gasteiger partial charge is 0.493 e. The topological polar surface area (TPSA) is 48.0 Å². The standard InChI is InChI=1S/C16H21NO4/c1-17-9-5-6-12(17)15(16(18)21-4)11-7-8-13(19-2)14(10-11)20-3/h7-8,10H,5-6,9H2,1-4H3. The van der Waals surface area contributed by atoms with Crippen LogP contribution in [0.5, 0.6) is 11.5 Å². The number of nitrogens with zero attached hydrogens (tertiary/aromatic N) is 1. The van der Waals surface area contributed by atoms with Gasteiger partial charge in [-0.15, -0.1) is 0 Å². The molecule has 1 aromatic carbocycles. The Morgan fingerprint density at radius 2 is 1.86 bits per heavy atom. The number of allylic oxidation sites excluding steroid dienone is 1. The molecule has 0 bridgehead atoms. The number of rotatable bonds is 4. The molecule has 0 N–H and O–H groups in total. The molecule has 5 nitrogen and oxygen atoms in total. The van der Waals surface area contributed by atoms with Crippen molar-refractivity contribution in [2.75, 3.05) is 34.9 Å². The van der Waals surface area contributed by atoms with Gasteiger partial charge in [0.05, 0.1) is 26.9 Å². The van der Waals surface area contributed by atoms with Crippen molar-refractivity contribution in [1.82, 2.24) is 4.90 Å². The van der Waals surface area contributed by atoms with Crippen LogP contribution >= 0.6 is 0 Å². The first kappa shape index (κ1) is 15.2. The van der Waals surface area contributed by atoms with Crippen molar-refractivity contribution in [3.8, 4) is 11.5 Å². The number of ether oxygens (including phenoxy) is 3. The van der Waals surface area contributed by atoms with E-state index in [1.54, 1.807) is 20.3 Å². The Bertz CT molecular complexity index is 565. The van der Waals surface area contributed by atoms with Crippen LogP contribution in [-0.4, -0.2) is 45.8 Å². The molecular weight excluding hydrogens is 270 g/mol. The molecule has 114 valence electrons. The third kappa shape index (κ3) is 2.96. The molecule has 5 heteroatoms. The Balaban J connectivity index is 2.55. The van der Waals surface area contributed by atoms with Crippen LogP contribution in [0.3, 0.4) is 0 Å². The summed E-state index contributed by atoms with van der Waals surface area (Å²) in [5.74, 6) is 0.902. The maximum Gasteiger partial charge on any atom is 0.340 e. The molecule has 0 radical (unpaired) electrons. The van der Waals surface area contributed by atoms with E-state index in [0.717, 1.165) is 30.6 Å². The van der Waals surface area contributed by atoms with Crippen LogP contribution in [0.1, 0.15) is 18.4 Å². The van der Waals surface area contributed by atoms with E-state index in [1.807, 2.05) is 19.2 Å². The van der Waals surface area contributed by atoms with E-state index in [9.17, 15) is 4.79 Å². The molecule has 1 aromatic rings. The van der Waals surface area contributed by atoms with E-state index in [4.69, 9.17) is 14.2 Å². The maximum atomic E-state index is 12.2. The van der Waals surface area contributed by atoms with E-state index in [0.29, 0.717) is 17.1 Å². The molecule has 0 spiro atoms. The molecule has 0 unspecified atom stereocenters. The van der Waals surface area contributed by atoms with Crippen molar-refractivity contribution < 1.29 is 19.0 Å². The first-order valence-electron chi connectivity index (χ1n) is 6.87. The summed E-state index contributed by atoms with van der Waals surface area (Å²) in [4.78, 5) is 14.3. The second-order valence-electron chi connectivity index (χ2n) is 4.91. The number of hydrogen-bond donors (Lipinski definition) is 0. The average molecular weight is 291 g/mol. The van der Waals surface area contributed by atoms with Crippen LogP contribution in [0.25, 0.3) is 5.57 Å². The molecule has 0 amide bonds. The number of benzene rings is 1. The molecule has 0 atom stereocenters. The molecule has 1 heterocycles. The van der Waals surface area contributed by atoms with Crippen LogP contribution in [0.15, 0.2) is 23.9 Å². The normalized spacial score (nSPS) is 16.7. The number of carbonyl (C=O) groups excluding carboxylic acids is 1. The van der Waals surface area contributed by atoms with Gasteiger partial charge in [-0.25, -0.2) is 4.79 Å². The molecule has 0 aromatic heterocycles. The first-order valence-corrected chi connectivity index (χ1v) is 6.87. The third-order valence-corrected chi connectivity index (χ3v) is 3.72. The lowest BCUT2D eigenvalue weighted by Gasteiger charge is -2.18. The van der Waals surface area contributed by atoms with Crippen molar-refractivity contribution >= 4 is 11.5 Å². The fourth-order valence-electron chi connectivity index (χ4n) is 2.62. The zero-order chi connectivity index (χ0) is 15.4. The molecule has 1 fully saturated rings.